The normalized spacial score (nSPS) is 24.4. The lowest BCUT2D eigenvalue weighted by molar-refractivity contribution is 0.323. The number of rotatable bonds is 3. The molecule has 1 aliphatic rings. The summed E-state index contributed by atoms with van der Waals surface area (Å²) in [7, 11) is 3.76. The van der Waals surface area contributed by atoms with E-state index in [9.17, 15) is 4.39 Å². The van der Waals surface area contributed by atoms with Gasteiger partial charge < -0.3 is 10.2 Å². The zero-order valence-electron chi connectivity index (χ0n) is 9.65. The van der Waals surface area contributed by atoms with Crippen LogP contribution in [0.25, 0.3) is 0 Å². The van der Waals surface area contributed by atoms with Crippen molar-refractivity contribution in [3.8, 4) is 0 Å². The quantitative estimate of drug-likeness (QED) is 0.850. The van der Waals surface area contributed by atoms with Gasteiger partial charge in [-0.1, -0.05) is 0 Å². The maximum Gasteiger partial charge on any atom is 0.226 e. The van der Waals surface area contributed by atoms with Crippen LogP contribution in [0.3, 0.4) is 0 Å². The molecule has 0 aromatic carbocycles. The van der Waals surface area contributed by atoms with Crippen LogP contribution in [0.2, 0.25) is 0 Å². The summed E-state index contributed by atoms with van der Waals surface area (Å²) in [5, 5.41) is 3.13. The Morgan fingerprint density at radius 1 is 1.44 bits per heavy atom. The van der Waals surface area contributed by atoms with Crippen LogP contribution in [-0.4, -0.2) is 36.3 Å². The number of hydrogen-bond acceptors (Lipinski definition) is 4. The second-order valence-corrected chi connectivity index (χ2v) is 4.33. The summed E-state index contributed by atoms with van der Waals surface area (Å²) in [6.07, 6.45) is 3.42. The molecule has 0 aliphatic heterocycles. The van der Waals surface area contributed by atoms with Gasteiger partial charge in [-0.25, -0.2) is 9.37 Å². The Labute approximate surface area is 94.9 Å². The Morgan fingerprint density at radius 3 is 2.88 bits per heavy atom. The molecule has 2 rings (SSSR count). The zero-order valence-corrected chi connectivity index (χ0v) is 9.65. The summed E-state index contributed by atoms with van der Waals surface area (Å²) in [4.78, 5) is 10.2. The third-order valence-corrected chi connectivity index (χ3v) is 2.81. The van der Waals surface area contributed by atoms with Gasteiger partial charge in [0, 0.05) is 20.3 Å². The Bertz CT molecular complexity index is 356. The minimum absolute atomic E-state index is 0.0927. The zero-order chi connectivity index (χ0) is 11.5. The van der Waals surface area contributed by atoms with E-state index in [2.05, 4.69) is 15.3 Å². The van der Waals surface area contributed by atoms with E-state index in [1.807, 2.05) is 19.0 Å². The number of aromatic nitrogens is 2. The minimum Gasteiger partial charge on any atom is -0.364 e. The Balaban J connectivity index is 2.06. The first-order valence-electron chi connectivity index (χ1n) is 5.58. The predicted octanol–water partition coefficient (Wildman–Crippen LogP) is 1.85. The lowest BCUT2D eigenvalue weighted by Crippen LogP contribution is -2.26. The fraction of sp³-hybridized carbons (Fsp3) is 0.636. The van der Waals surface area contributed by atoms with Crippen LogP contribution in [0.4, 0.5) is 16.2 Å². The largest absolute Gasteiger partial charge is 0.364 e. The Hall–Kier alpha value is -1.39. The van der Waals surface area contributed by atoms with Crippen molar-refractivity contribution in [3.63, 3.8) is 0 Å². The number of anilines is 2. The van der Waals surface area contributed by atoms with Gasteiger partial charge in [0.15, 0.2) is 0 Å². The number of hydrogen-bond donors (Lipinski definition) is 1. The average Bonchev–Trinajstić information content (AvgIpc) is 2.65. The first kappa shape index (κ1) is 11.1. The molecule has 2 atom stereocenters. The number of alkyl halides is 1. The topological polar surface area (TPSA) is 41.1 Å². The SMILES string of the molecule is CN(C)c1nccc(N[C@@H]2CCC[C@H]2F)n1. The van der Waals surface area contributed by atoms with Crippen molar-refractivity contribution < 1.29 is 4.39 Å². The van der Waals surface area contributed by atoms with Gasteiger partial charge in [0.1, 0.15) is 12.0 Å². The van der Waals surface area contributed by atoms with E-state index in [0.29, 0.717) is 18.2 Å². The summed E-state index contributed by atoms with van der Waals surface area (Å²) in [6, 6.07) is 1.68. The molecule has 1 aromatic heterocycles. The molecule has 0 bridgehead atoms. The summed E-state index contributed by atoms with van der Waals surface area (Å²) >= 11 is 0. The van der Waals surface area contributed by atoms with Crippen molar-refractivity contribution in [1.29, 1.82) is 0 Å². The van der Waals surface area contributed by atoms with Crippen LogP contribution in [0, 0.1) is 0 Å². The van der Waals surface area contributed by atoms with Gasteiger partial charge in [0.05, 0.1) is 6.04 Å². The van der Waals surface area contributed by atoms with Crippen LogP contribution < -0.4 is 10.2 Å². The van der Waals surface area contributed by atoms with Gasteiger partial charge in [-0.3, -0.25) is 0 Å². The first-order valence-corrected chi connectivity index (χ1v) is 5.58. The van der Waals surface area contributed by atoms with Crippen molar-refractivity contribution in [2.45, 2.75) is 31.5 Å². The third-order valence-electron chi connectivity index (χ3n) is 2.81. The van der Waals surface area contributed by atoms with E-state index in [1.54, 1.807) is 12.3 Å². The predicted molar refractivity (Wildman–Crippen MR) is 62.5 cm³/mol. The number of halogens is 1. The van der Waals surface area contributed by atoms with Gasteiger partial charge in [0.25, 0.3) is 0 Å². The molecule has 4 nitrogen and oxygen atoms in total. The highest BCUT2D eigenvalue weighted by Gasteiger charge is 2.26. The highest BCUT2D eigenvalue weighted by Crippen LogP contribution is 2.25. The highest BCUT2D eigenvalue weighted by molar-refractivity contribution is 5.41. The van der Waals surface area contributed by atoms with Crippen LogP contribution in [0.5, 0.6) is 0 Å². The third kappa shape index (κ3) is 2.40. The van der Waals surface area contributed by atoms with Crippen molar-refractivity contribution in [2.24, 2.45) is 0 Å². The van der Waals surface area contributed by atoms with Crippen molar-refractivity contribution in [2.75, 3.05) is 24.3 Å². The molecule has 1 N–H and O–H groups in total. The summed E-state index contributed by atoms with van der Waals surface area (Å²) < 4.78 is 13.4. The van der Waals surface area contributed by atoms with E-state index in [1.165, 1.54) is 0 Å². The van der Waals surface area contributed by atoms with Crippen molar-refractivity contribution in [1.82, 2.24) is 9.97 Å². The molecule has 0 spiro atoms. The monoisotopic (exact) mass is 224 g/mol. The molecule has 0 saturated heterocycles. The second kappa shape index (κ2) is 4.63. The molecular weight excluding hydrogens is 207 g/mol. The van der Waals surface area contributed by atoms with E-state index < -0.39 is 6.17 Å². The van der Waals surface area contributed by atoms with Crippen LogP contribution in [0.1, 0.15) is 19.3 Å². The highest BCUT2D eigenvalue weighted by atomic mass is 19.1. The Morgan fingerprint density at radius 2 is 2.25 bits per heavy atom. The maximum absolute atomic E-state index is 13.4. The molecule has 0 amide bonds. The molecule has 0 radical (unpaired) electrons. The van der Waals surface area contributed by atoms with Gasteiger partial charge in [0.2, 0.25) is 5.95 Å². The van der Waals surface area contributed by atoms with E-state index in [4.69, 9.17) is 0 Å². The van der Waals surface area contributed by atoms with E-state index in [0.717, 1.165) is 12.8 Å². The molecule has 88 valence electrons. The Kier molecular flexibility index (Phi) is 3.22. The fourth-order valence-electron chi connectivity index (χ4n) is 1.91. The molecule has 0 unspecified atom stereocenters. The molecule has 5 heteroatoms. The van der Waals surface area contributed by atoms with Crippen LogP contribution >= 0.6 is 0 Å². The van der Waals surface area contributed by atoms with Crippen molar-refractivity contribution in [3.05, 3.63) is 12.3 Å². The van der Waals surface area contributed by atoms with Crippen LogP contribution in [-0.2, 0) is 0 Å². The fourth-order valence-corrected chi connectivity index (χ4v) is 1.91. The van der Waals surface area contributed by atoms with E-state index >= 15 is 0 Å². The second-order valence-electron chi connectivity index (χ2n) is 4.33. The lowest BCUT2D eigenvalue weighted by atomic mass is 10.2. The van der Waals surface area contributed by atoms with Gasteiger partial charge >= 0.3 is 0 Å². The molecule has 1 aromatic rings. The summed E-state index contributed by atoms with van der Waals surface area (Å²) in [5.74, 6) is 1.34. The molecular formula is C11H17FN4. The van der Waals surface area contributed by atoms with Crippen molar-refractivity contribution >= 4 is 11.8 Å². The standard InChI is InChI=1S/C11H17FN4/c1-16(2)11-13-7-6-10(15-11)14-9-5-3-4-8(9)12/h6-9H,3-5H2,1-2H3,(H,13,14,15)/t8-,9-/m1/s1. The van der Waals surface area contributed by atoms with Gasteiger partial charge in [-0.05, 0) is 25.3 Å². The van der Waals surface area contributed by atoms with Gasteiger partial charge in [-0.15, -0.1) is 0 Å². The molecule has 1 saturated carbocycles. The smallest absolute Gasteiger partial charge is 0.226 e. The van der Waals surface area contributed by atoms with Crippen LogP contribution in [0.15, 0.2) is 12.3 Å². The minimum atomic E-state index is -0.752. The average molecular weight is 224 g/mol. The molecule has 1 aliphatic carbocycles. The summed E-state index contributed by atoms with van der Waals surface area (Å²) in [6.45, 7) is 0. The first-order chi connectivity index (χ1) is 7.66. The van der Waals surface area contributed by atoms with Gasteiger partial charge in [-0.2, -0.15) is 4.98 Å². The lowest BCUT2D eigenvalue weighted by Gasteiger charge is -2.17. The van der Waals surface area contributed by atoms with E-state index in [-0.39, 0.29) is 6.04 Å². The maximum atomic E-state index is 13.4. The number of nitrogens with zero attached hydrogens (tertiary/aromatic N) is 3. The molecule has 16 heavy (non-hydrogen) atoms. The summed E-state index contributed by atoms with van der Waals surface area (Å²) in [5.41, 5.74) is 0. The number of nitrogens with one attached hydrogen (secondary N) is 1. The molecule has 1 heterocycles. The molecule has 1 fully saturated rings.